The van der Waals surface area contributed by atoms with Gasteiger partial charge in [0.15, 0.2) is 0 Å². The first-order chi connectivity index (χ1) is 18.0. The van der Waals surface area contributed by atoms with Gasteiger partial charge in [0, 0.05) is 24.7 Å². The van der Waals surface area contributed by atoms with Crippen molar-refractivity contribution in [2.24, 2.45) is 11.3 Å². The summed E-state index contributed by atoms with van der Waals surface area (Å²) in [6.07, 6.45) is 4.77. The van der Waals surface area contributed by atoms with E-state index in [0.29, 0.717) is 19.4 Å². The highest BCUT2D eigenvalue weighted by Crippen LogP contribution is 2.31. The molecule has 0 aliphatic heterocycles. The first kappa shape index (κ1) is 37.1. The van der Waals surface area contributed by atoms with E-state index in [1.165, 1.54) is 6.92 Å². The van der Waals surface area contributed by atoms with Crippen molar-refractivity contribution in [1.29, 1.82) is 0 Å². The summed E-state index contributed by atoms with van der Waals surface area (Å²) in [4.78, 5) is 43.6. The number of hydrogen-bond donors (Lipinski definition) is 3. The summed E-state index contributed by atoms with van der Waals surface area (Å²) < 4.78 is 0. The van der Waals surface area contributed by atoms with Crippen LogP contribution in [0, 0.1) is 11.3 Å². The fourth-order valence-corrected chi connectivity index (χ4v) is 5.59. The molecule has 0 radical (unpaired) electrons. The third kappa shape index (κ3) is 9.31. The van der Waals surface area contributed by atoms with E-state index >= 15 is 0 Å². The lowest BCUT2D eigenvalue weighted by Crippen LogP contribution is -2.66. The predicted octanol–water partition coefficient (Wildman–Crippen LogP) is 5.08. The predicted molar refractivity (Wildman–Crippen MR) is 162 cm³/mol. The van der Waals surface area contributed by atoms with E-state index in [1.54, 1.807) is 18.0 Å². The van der Waals surface area contributed by atoms with Gasteiger partial charge in [-0.3, -0.25) is 14.5 Å². The second-order valence-corrected chi connectivity index (χ2v) is 12.4. The maximum absolute atomic E-state index is 14.3. The first-order valence-electron chi connectivity index (χ1n) is 15.0. The Hall–Kier alpha value is -1.93. The van der Waals surface area contributed by atoms with Gasteiger partial charge in [0.2, 0.25) is 11.8 Å². The van der Waals surface area contributed by atoms with Crippen LogP contribution in [0.3, 0.4) is 0 Å². The lowest BCUT2D eigenvalue weighted by molar-refractivity contribution is -0.145. The van der Waals surface area contributed by atoms with Gasteiger partial charge in [-0.05, 0) is 57.0 Å². The van der Waals surface area contributed by atoms with Crippen LogP contribution in [0.2, 0.25) is 0 Å². The Morgan fingerprint density at radius 3 is 1.77 bits per heavy atom. The molecule has 0 rings (SSSR count). The fourth-order valence-electron chi connectivity index (χ4n) is 5.59. The zero-order chi connectivity index (χ0) is 30.8. The average molecular weight is 553 g/mol. The van der Waals surface area contributed by atoms with Gasteiger partial charge >= 0.3 is 5.97 Å². The van der Waals surface area contributed by atoms with E-state index in [9.17, 15) is 19.5 Å². The number of nitrogens with one attached hydrogen (secondary N) is 2. The number of aliphatic carboxylic acids is 1. The largest absolute Gasteiger partial charge is 0.478 e. The molecular weight excluding hydrogens is 492 g/mol. The smallest absolute Gasteiger partial charge is 0.331 e. The molecule has 0 aromatic rings. The summed E-state index contributed by atoms with van der Waals surface area (Å²) in [5.41, 5.74) is -1.23. The zero-order valence-corrected chi connectivity index (χ0v) is 27.3. The summed E-state index contributed by atoms with van der Waals surface area (Å²) in [5, 5.41) is 16.3. The van der Waals surface area contributed by atoms with Gasteiger partial charge in [0.1, 0.15) is 6.04 Å². The number of hydrogen-bond acceptors (Lipinski definition) is 5. The fraction of sp³-hybridized carbons (Fsp3) is 0.839. The van der Waals surface area contributed by atoms with E-state index in [4.69, 9.17) is 0 Å². The van der Waals surface area contributed by atoms with Crippen molar-refractivity contribution in [2.75, 3.05) is 26.7 Å². The average Bonchev–Trinajstić information content (AvgIpc) is 2.88. The highest BCUT2D eigenvalue weighted by atomic mass is 16.4. The Bertz CT molecular complexity index is 823. The van der Waals surface area contributed by atoms with Crippen molar-refractivity contribution in [1.82, 2.24) is 20.4 Å². The number of carbonyl (C=O) groups is 3. The Morgan fingerprint density at radius 1 is 0.923 bits per heavy atom. The maximum Gasteiger partial charge on any atom is 0.331 e. The highest BCUT2D eigenvalue weighted by Gasteiger charge is 2.46. The van der Waals surface area contributed by atoms with Crippen LogP contribution in [-0.2, 0) is 14.4 Å². The minimum Gasteiger partial charge on any atom is -0.478 e. The number of amides is 2. The SMILES string of the molecule is CCNC(CC)(CC)CN(CC)C(CC)(CC)C(=O)N[C@H](C(=O)N(C)[C@H](/C=C(\C)C(=O)O)C(C)C)C(C)(C)C. The minimum atomic E-state index is -1.01. The summed E-state index contributed by atoms with van der Waals surface area (Å²) >= 11 is 0. The van der Waals surface area contributed by atoms with Crippen molar-refractivity contribution in [3.63, 3.8) is 0 Å². The molecule has 0 heterocycles. The molecule has 3 N–H and O–H groups in total. The number of carboxylic acid groups (broad SMARTS) is 1. The van der Waals surface area contributed by atoms with Crippen LogP contribution < -0.4 is 10.6 Å². The van der Waals surface area contributed by atoms with Crippen LogP contribution in [-0.4, -0.2) is 82.5 Å². The van der Waals surface area contributed by atoms with E-state index in [1.807, 2.05) is 48.5 Å². The minimum absolute atomic E-state index is 0.00666. The molecule has 0 fully saturated rings. The molecule has 0 unspecified atom stereocenters. The van der Waals surface area contributed by atoms with E-state index in [-0.39, 0.29) is 28.8 Å². The van der Waals surface area contributed by atoms with E-state index in [0.717, 1.165) is 25.9 Å². The molecule has 0 saturated heterocycles. The Morgan fingerprint density at radius 2 is 1.44 bits per heavy atom. The molecule has 0 aromatic carbocycles. The third-order valence-corrected chi connectivity index (χ3v) is 8.60. The molecule has 0 bridgehead atoms. The van der Waals surface area contributed by atoms with Crippen LogP contribution in [0.5, 0.6) is 0 Å². The van der Waals surface area contributed by atoms with E-state index in [2.05, 4.69) is 43.2 Å². The molecule has 2 amide bonds. The van der Waals surface area contributed by atoms with Gasteiger partial charge in [-0.2, -0.15) is 0 Å². The van der Waals surface area contributed by atoms with Gasteiger partial charge in [0.05, 0.1) is 11.6 Å². The van der Waals surface area contributed by atoms with Crippen molar-refractivity contribution in [3.05, 3.63) is 11.6 Å². The normalized spacial score (nSPS) is 14.9. The molecule has 0 aliphatic rings. The Balaban J connectivity index is 6.50. The van der Waals surface area contributed by atoms with Crippen molar-refractivity contribution >= 4 is 17.8 Å². The third-order valence-electron chi connectivity index (χ3n) is 8.60. The molecular formula is C31H60N4O4. The van der Waals surface area contributed by atoms with Crippen LogP contribution in [0.4, 0.5) is 0 Å². The van der Waals surface area contributed by atoms with Crippen molar-refractivity contribution in [2.45, 2.75) is 132 Å². The van der Waals surface area contributed by atoms with Gasteiger partial charge < -0.3 is 20.6 Å². The molecule has 228 valence electrons. The summed E-state index contributed by atoms with van der Waals surface area (Å²) in [6, 6.07) is -1.19. The first-order valence-corrected chi connectivity index (χ1v) is 15.0. The lowest BCUT2D eigenvalue weighted by atomic mass is 9.82. The van der Waals surface area contributed by atoms with Gasteiger partial charge in [-0.1, -0.05) is 82.2 Å². The maximum atomic E-state index is 14.3. The summed E-state index contributed by atoms with van der Waals surface area (Å²) in [7, 11) is 1.70. The second kappa shape index (κ2) is 15.8. The topological polar surface area (TPSA) is 102 Å². The molecule has 0 aliphatic carbocycles. The molecule has 39 heavy (non-hydrogen) atoms. The number of rotatable bonds is 17. The molecule has 0 aromatic heterocycles. The number of likely N-dealkylation sites (N-methyl/N-ethyl adjacent to an activating group) is 3. The monoisotopic (exact) mass is 552 g/mol. The van der Waals surface area contributed by atoms with Crippen LogP contribution in [0.25, 0.3) is 0 Å². The molecule has 0 saturated carbocycles. The van der Waals surface area contributed by atoms with Crippen LogP contribution >= 0.6 is 0 Å². The van der Waals surface area contributed by atoms with Crippen LogP contribution in [0.1, 0.15) is 109 Å². The Kier molecular flexibility index (Phi) is 15.0. The van der Waals surface area contributed by atoms with E-state index < -0.39 is 29.0 Å². The van der Waals surface area contributed by atoms with Crippen molar-refractivity contribution < 1.29 is 19.5 Å². The Labute approximate surface area is 239 Å². The molecule has 2 atom stereocenters. The molecule has 8 nitrogen and oxygen atoms in total. The molecule has 8 heteroatoms. The highest BCUT2D eigenvalue weighted by molar-refractivity contribution is 5.93. The number of carboxylic acids is 1. The number of nitrogens with zero attached hydrogens (tertiary/aromatic N) is 2. The van der Waals surface area contributed by atoms with Gasteiger partial charge in [0.25, 0.3) is 0 Å². The summed E-state index contributed by atoms with van der Waals surface area (Å²) in [6.45, 7) is 26.3. The standard InChI is InChI=1S/C31H60N4O4/c1-14-30(15-2,32-18-5)21-35(19-6)31(16-3,17-4)28(39)33-25(29(10,11)12)26(36)34(13)24(22(7)8)20-23(9)27(37)38/h20,22,24-25,32H,14-19,21H2,1-13H3,(H,33,39)(H,37,38)/b23-20+/t24-,25-/m1/s1. The van der Waals surface area contributed by atoms with Gasteiger partial charge in [-0.15, -0.1) is 0 Å². The lowest BCUT2D eigenvalue weighted by Gasteiger charge is -2.48. The van der Waals surface area contributed by atoms with Crippen molar-refractivity contribution in [3.8, 4) is 0 Å². The quantitative estimate of drug-likeness (QED) is 0.218. The van der Waals surface area contributed by atoms with Gasteiger partial charge in [-0.25, -0.2) is 4.79 Å². The zero-order valence-electron chi connectivity index (χ0n) is 27.3. The van der Waals surface area contributed by atoms with Crippen LogP contribution in [0.15, 0.2) is 11.6 Å². The second-order valence-electron chi connectivity index (χ2n) is 12.4. The summed E-state index contributed by atoms with van der Waals surface area (Å²) in [5.74, 6) is -1.37. The number of carbonyl (C=O) groups excluding carboxylic acids is 2. The molecule has 0 spiro atoms.